The molecule has 0 aliphatic carbocycles. The predicted molar refractivity (Wildman–Crippen MR) is 106 cm³/mol. The lowest BCUT2D eigenvalue weighted by Crippen LogP contribution is -2.14. The summed E-state index contributed by atoms with van der Waals surface area (Å²) in [6.45, 7) is 2.06. The minimum atomic E-state index is -0.121. The van der Waals surface area contributed by atoms with E-state index in [1.54, 1.807) is 11.8 Å². The number of thioether (sulfide) groups is 1. The Morgan fingerprint density at radius 3 is 3.00 bits per heavy atom. The van der Waals surface area contributed by atoms with Crippen molar-refractivity contribution in [3.63, 3.8) is 0 Å². The fourth-order valence-corrected chi connectivity index (χ4v) is 3.64. The first-order valence-corrected chi connectivity index (χ1v) is 10.0. The summed E-state index contributed by atoms with van der Waals surface area (Å²) in [7, 11) is 0. The summed E-state index contributed by atoms with van der Waals surface area (Å²) in [4.78, 5) is 13.4. The molecule has 138 valence electrons. The van der Waals surface area contributed by atoms with Gasteiger partial charge in [-0.15, -0.1) is 11.8 Å². The second kappa shape index (κ2) is 7.48. The Balaban J connectivity index is 1.43. The summed E-state index contributed by atoms with van der Waals surface area (Å²) in [5.74, 6) is 1.46. The molecule has 1 aliphatic rings. The first-order chi connectivity index (χ1) is 13.1. The monoisotopic (exact) mass is 380 g/mol. The third-order valence-electron chi connectivity index (χ3n) is 4.43. The number of hydrogen-bond acceptors (Lipinski definition) is 5. The molecule has 4 rings (SSSR count). The molecule has 1 amide bonds. The SMILES string of the molecule is CSc1cccc(NC(=O)Cc2cc(-c3ccc4c(c3)C[C@H](C)O4)on2)c1. The first kappa shape index (κ1) is 17.7. The number of fused-ring (bicyclic) bond motifs is 1. The van der Waals surface area contributed by atoms with Crippen LogP contribution in [0.15, 0.2) is 57.9 Å². The summed E-state index contributed by atoms with van der Waals surface area (Å²) in [6, 6.07) is 15.6. The Morgan fingerprint density at radius 1 is 1.26 bits per heavy atom. The lowest BCUT2D eigenvalue weighted by Gasteiger charge is -2.05. The maximum atomic E-state index is 12.3. The Morgan fingerprint density at radius 2 is 2.15 bits per heavy atom. The molecule has 6 heteroatoms. The normalized spacial score (nSPS) is 15.3. The Bertz CT molecular complexity index is 983. The third-order valence-corrected chi connectivity index (χ3v) is 5.16. The van der Waals surface area contributed by atoms with Gasteiger partial charge in [0, 0.05) is 28.6 Å². The van der Waals surface area contributed by atoms with Crippen LogP contribution in [-0.4, -0.2) is 23.4 Å². The number of amides is 1. The van der Waals surface area contributed by atoms with Gasteiger partial charge >= 0.3 is 0 Å². The average molecular weight is 380 g/mol. The van der Waals surface area contributed by atoms with Crippen molar-refractivity contribution < 1.29 is 14.1 Å². The van der Waals surface area contributed by atoms with Crippen LogP contribution in [0.5, 0.6) is 5.75 Å². The van der Waals surface area contributed by atoms with Gasteiger partial charge in [-0.05, 0) is 55.1 Å². The molecule has 5 nitrogen and oxygen atoms in total. The number of anilines is 1. The minimum absolute atomic E-state index is 0.121. The molecule has 0 unspecified atom stereocenters. The quantitative estimate of drug-likeness (QED) is 0.657. The molecule has 1 aliphatic heterocycles. The summed E-state index contributed by atoms with van der Waals surface area (Å²) in [5, 5.41) is 6.95. The molecule has 0 bridgehead atoms. The lowest BCUT2D eigenvalue weighted by molar-refractivity contribution is -0.115. The van der Waals surface area contributed by atoms with Crippen LogP contribution in [0.4, 0.5) is 5.69 Å². The van der Waals surface area contributed by atoms with E-state index in [0.717, 1.165) is 28.3 Å². The molecule has 1 N–H and O–H groups in total. The van der Waals surface area contributed by atoms with Gasteiger partial charge in [-0.2, -0.15) is 0 Å². The van der Waals surface area contributed by atoms with E-state index in [1.807, 2.05) is 48.7 Å². The van der Waals surface area contributed by atoms with Crippen molar-refractivity contribution in [3.8, 4) is 17.1 Å². The fourth-order valence-electron chi connectivity index (χ4n) is 3.18. The third kappa shape index (κ3) is 4.01. The number of nitrogens with one attached hydrogen (secondary N) is 1. The number of ether oxygens (including phenoxy) is 1. The van der Waals surface area contributed by atoms with Crippen LogP contribution in [0.1, 0.15) is 18.2 Å². The zero-order chi connectivity index (χ0) is 18.8. The van der Waals surface area contributed by atoms with Crippen molar-refractivity contribution in [1.82, 2.24) is 5.16 Å². The first-order valence-electron chi connectivity index (χ1n) is 8.80. The van der Waals surface area contributed by atoms with Gasteiger partial charge in [-0.3, -0.25) is 4.79 Å². The molecule has 0 saturated heterocycles. The summed E-state index contributed by atoms with van der Waals surface area (Å²) in [5.41, 5.74) is 3.50. The fraction of sp³-hybridized carbons (Fsp3) is 0.238. The van der Waals surface area contributed by atoms with Crippen molar-refractivity contribution >= 4 is 23.4 Å². The van der Waals surface area contributed by atoms with E-state index in [4.69, 9.17) is 9.26 Å². The van der Waals surface area contributed by atoms with Crippen LogP contribution in [0.25, 0.3) is 11.3 Å². The van der Waals surface area contributed by atoms with Gasteiger partial charge in [0.15, 0.2) is 5.76 Å². The standard InChI is InChI=1S/C21H20N2O3S/c1-13-8-15-9-14(6-7-19(15)25-13)20-11-17(23-26-20)12-21(24)22-16-4-3-5-18(10-16)27-2/h3-7,9-11,13H,8,12H2,1-2H3,(H,22,24)/t13-/m0/s1. The van der Waals surface area contributed by atoms with Crippen molar-refractivity contribution in [2.24, 2.45) is 0 Å². The van der Waals surface area contributed by atoms with Crippen LogP contribution >= 0.6 is 11.8 Å². The van der Waals surface area contributed by atoms with E-state index in [1.165, 1.54) is 5.56 Å². The van der Waals surface area contributed by atoms with Gasteiger partial charge in [0.25, 0.3) is 0 Å². The van der Waals surface area contributed by atoms with E-state index < -0.39 is 0 Å². The number of nitrogens with zero attached hydrogens (tertiary/aromatic N) is 1. The number of carbonyl (C=O) groups is 1. The highest BCUT2D eigenvalue weighted by atomic mass is 32.2. The molecular formula is C21H20N2O3S. The minimum Gasteiger partial charge on any atom is -0.490 e. The van der Waals surface area contributed by atoms with Gasteiger partial charge in [-0.25, -0.2) is 0 Å². The smallest absolute Gasteiger partial charge is 0.230 e. The van der Waals surface area contributed by atoms with Crippen molar-refractivity contribution in [2.75, 3.05) is 11.6 Å². The number of rotatable bonds is 5. The molecular weight excluding hydrogens is 360 g/mol. The molecule has 1 aromatic heterocycles. The van der Waals surface area contributed by atoms with Crippen LogP contribution in [0.2, 0.25) is 0 Å². The maximum absolute atomic E-state index is 12.3. The molecule has 0 radical (unpaired) electrons. The van der Waals surface area contributed by atoms with E-state index in [9.17, 15) is 4.79 Å². The molecule has 3 aromatic rings. The van der Waals surface area contributed by atoms with E-state index in [-0.39, 0.29) is 18.4 Å². The van der Waals surface area contributed by atoms with Crippen LogP contribution in [0.3, 0.4) is 0 Å². The molecule has 0 spiro atoms. The second-order valence-corrected chi connectivity index (χ2v) is 7.47. The zero-order valence-corrected chi connectivity index (χ0v) is 16.0. The Labute approximate surface area is 162 Å². The van der Waals surface area contributed by atoms with Gasteiger partial charge in [0.05, 0.1) is 12.1 Å². The number of benzene rings is 2. The van der Waals surface area contributed by atoms with E-state index in [2.05, 4.69) is 23.5 Å². The number of aromatic nitrogens is 1. The molecule has 0 saturated carbocycles. The highest BCUT2D eigenvalue weighted by Crippen LogP contribution is 2.33. The Hall–Kier alpha value is -2.73. The van der Waals surface area contributed by atoms with Crippen molar-refractivity contribution in [3.05, 3.63) is 59.8 Å². The van der Waals surface area contributed by atoms with Gasteiger partial charge in [-0.1, -0.05) is 11.2 Å². The maximum Gasteiger partial charge on any atom is 0.230 e. The summed E-state index contributed by atoms with van der Waals surface area (Å²) < 4.78 is 11.2. The van der Waals surface area contributed by atoms with Crippen molar-refractivity contribution in [1.29, 1.82) is 0 Å². The molecule has 2 heterocycles. The molecule has 1 atom stereocenters. The van der Waals surface area contributed by atoms with Crippen LogP contribution in [-0.2, 0) is 17.6 Å². The van der Waals surface area contributed by atoms with Gasteiger partial charge in [0.1, 0.15) is 11.9 Å². The highest BCUT2D eigenvalue weighted by Gasteiger charge is 2.20. The van der Waals surface area contributed by atoms with Crippen molar-refractivity contribution in [2.45, 2.75) is 30.8 Å². The molecule has 27 heavy (non-hydrogen) atoms. The number of carbonyl (C=O) groups excluding carboxylic acids is 1. The van der Waals surface area contributed by atoms with Gasteiger partial charge < -0.3 is 14.6 Å². The van der Waals surface area contributed by atoms with E-state index in [0.29, 0.717) is 11.5 Å². The summed E-state index contributed by atoms with van der Waals surface area (Å²) in [6.07, 6.45) is 3.26. The second-order valence-electron chi connectivity index (χ2n) is 6.59. The zero-order valence-electron chi connectivity index (χ0n) is 15.2. The van der Waals surface area contributed by atoms with Crippen LogP contribution in [0, 0.1) is 0 Å². The van der Waals surface area contributed by atoms with E-state index >= 15 is 0 Å². The topological polar surface area (TPSA) is 64.4 Å². The summed E-state index contributed by atoms with van der Waals surface area (Å²) >= 11 is 1.64. The number of hydrogen-bond donors (Lipinski definition) is 1. The lowest BCUT2D eigenvalue weighted by atomic mass is 10.1. The molecule has 0 fully saturated rings. The Kier molecular flexibility index (Phi) is 4.90. The van der Waals surface area contributed by atoms with Crippen LogP contribution < -0.4 is 10.1 Å². The van der Waals surface area contributed by atoms with Gasteiger partial charge in [0.2, 0.25) is 5.91 Å². The predicted octanol–water partition coefficient (Wildman–Crippen LogP) is 4.57. The largest absolute Gasteiger partial charge is 0.490 e. The molecule has 2 aromatic carbocycles. The highest BCUT2D eigenvalue weighted by molar-refractivity contribution is 7.98. The average Bonchev–Trinajstić information content (AvgIpc) is 3.26.